The third kappa shape index (κ3) is 4.64. The van der Waals surface area contributed by atoms with E-state index in [1.54, 1.807) is 6.92 Å². The van der Waals surface area contributed by atoms with Gasteiger partial charge in [-0.25, -0.2) is 4.79 Å². The number of carbonyl (C=O) groups is 2. The largest absolute Gasteiger partial charge is 0.490 e. The fourth-order valence-corrected chi connectivity index (χ4v) is 4.06. The molecule has 1 heterocycles. The van der Waals surface area contributed by atoms with Gasteiger partial charge in [0.05, 0.1) is 17.7 Å². The van der Waals surface area contributed by atoms with Gasteiger partial charge in [0.25, 0.3) is 5.91 Å². The Bertz CT molecular complexity index is 932. The first-order chi connectivity index (χ1) is 14.6. The molecule has 1 aliphatic carbocycles. The van der Waals surface area contributed by atoms with Gasteiger partial charge in [0.15, 0.2) is 0 Å². The van der Waals surface area contributed by atoms with E-state index < -0.39 is 6.04 Å². The molecule has 1 unspecified atom stereocenters. The third-order valence-corrected chi connectivity index (χ3v) is 5.63. The summed E-state index contributed by atoms with van der Waals surface area (Å²) in [4.78, 5) is 25.1. The summed E-state index contributed by atoms with van der Waals surface area (Å²) in [5.41, 5.74) is 2.92. The lowest BCUT2D eigenvalue weighted by atomic mass is 9.94. The van der Waals surface area contributed by atoms with Crippen molar-refractivity contribution in [3.05, 3.63) is 77.0 Å². The summed E-state index contributed by atoms with van der Waals surface area (Å²) in [6, 6.07) is 16.6. The molecule has 4 rings (SSSR count). The van der Waals surface area contributed by atoms with Crippen LogP contribution >= 0.6 is 0 Å². The number of urea groups is 1. The number of nitrogens with one attached hydrogen (secondary N) is 3. The van der Waals surface area contributed by atoms with Crippen molar-refractivity contribution in [3.8, 4) is 5.75 Å². The molecule has 3 amide bonds. The Morgan fingerprint density at radius 3 is 2.47 bits per heavy atom. The number of hydrogen-bond donors (Lipinski definition) is 3. The van der Waals surface area contributed by atoms with Gasteiger partial charge in [0.2, 0.25) is 0 Å². The predicted molar refractivity (Wildman–Crippen MR) is 115 cm³/mol. The summed E-state index contributed by atoms with van der Waals surface area (Å²) in [5, 5.41) is 8.55. The molecule has 0 radical (unpaired) electrons. The molecule has 2 aromatic rings. The zero-order valence-electron chi connectivity index (χ0n) is 17.1. The van der Waals surface area contributed by atoms with Gasteiger partial charge in [-0.2, -0.15) is 0 Å². The van der Waals surface area contributed by atoms with E-state index in [-0.39, 0.29) is 18.0 Å². The first kappa shape index (κ1) is 20.0. The van der Waals surface area contributed by atoms with Gasteiger partial charge in [0.1, 0.15) is 5.75 Å². The molecular weight excluding hydrogens is 378 g/mol. The van der Waals surface area contributed by atoms with Crippen molar-refractivity contribution < 1.29 is 14.3 Å². The molecule has 2 aromatic carbocycles. The van der Waals surface area contributed by atoms with Crippen LogP contribution in [0.1, 0.15) is 49.8 Å². The Hall–Kier alpha value is -3.28. The van der Waals surface area contributed by atoms with Gasteiger partial charge >= 0.3 is 6.03 Å². The van der Waals surface area contributed by atoms with E-state index in [0.29, 0.717) is 17.8 Å². The number of ether oxygens (including phenoxy) is 1. The van der Waals surface area contributed by atoms with Gasteiger partial charge < -0.3 is 20.7 Å². The standard InChI is InChI=1S/C24H27N3O3/c1-16-21(23(28)25-15-17-7-3-2-4-8-17)22(27-24(29)26-16)18-11-13-20(14-12-18)30-19-9-5-6-10-19/h2-4,7-8,11-14,19,22H,5-6,9-10,15H2,1H3,(H,25,28)(H2,26,27,29). The second-order valence-corrected chi connectivity index (χ2v) is 7.83. The zero-order chi connectivity index (χ0) is 20.9. The van der Waals surface area contributed by atoms with Crippen molar-refractivity contribution in [2.45, 2.75) is 51.3 Å². The van der Waals surface area contributed by atoms with Crippen LogP contribution in [0.2, 0.25) is 0 Å². The van der Waals surface area contributed by atoms with Crippen LogP contribution in [0.25, 0.3) is 0 Å². The van der Waals surface area contributed by atoms with Crippen molar-refractivity contribution in [2.75, 3.05) is 0 Å². The summed E-state index contributed by atoms with van der Waals surface area (Å²) in [5.74, 6) is 0.613. The molecule has 0 bridgehead atoms. The minimum Gasteiger partial charge on any atom is -0.490 e. The SMILES string of the molecule is CC1=C(C(=O)NCc2ccccc2)C(c2ccc(OC3CCCC3)cc2)NC(=O)N1. The van der Waals surface area contributed by atoms with Gasteiger partial charge in [0, 0.05) is 12.2 Å². The molecule has 6 heteroatoms. The van der Waals surface area contributed by atoms with Crippen molar-refractivity contribution in [3.63, 3.8) is 0 Å². The Morgan fingerprint density at radius 2 is 1.77 bits per heavy atom. The lowest BCUT2D eigenvalue weighted by Gasteiger charge is -2.29. The van der Waals surface area contributed by atoms with Gasteiger partial charge in [-0.1, -0.05) is 42.5 Å². The first-order valence-corrected chi connectivity index (χ1v) is 10.5. The molecule has 3 N–H and O–H groups in total. The maximum atomic E-state index is 13.0. The zero-order valence-corrected chi connectivity index (χ0v) is 17.1. The van der Waals surface area contributed by atoms with Crippen molar-refractivity contribution in [2.24, 2.45) is 0 Å². The minimum absolute atomic E-state index is 0.208. The van der Waals surface area contributed by atoms with Crippen LogP contribution in [0.5, 0.6) is 5.75 Å². The third-order valence-electron chi connectivity index (χ3n) is 5.63. The highest BCUT2D eigenvalue weighted by Crippen LogP contribution is 2.29. The number of rotatable bonds is 6. The molecule has 2 aliphatic rings. The normalized spacial score (nSPS) is 19.2. The maximum Gasteiger partial charge on any atom is 0.319 e. The molecule has 6 nitrogen and oxygen atoms in total. The quantitative estimate of drug-likeness (QED) is 0.681. The predicted octanol–water partition coefficient (Wildman–Crippen LogP) is 3.95. The second-order valence-electron chi connectivity index (χ2n) is 7.83. The van der Waals surface area contributed by atoms with Gasteiger partial charge in [-0.3, -0.25) is 4.79 Å². The lowest BCUT2D eigenvalue weighted by molar-refractivity contribution is -0.118. The molecule has 30 heavy (non-hydrogen) atoms. The number of hydrogen-bond acceptors (Lipinski definition) is 3. The Balaban J connectivity index is 1.50. The summed E-state index contributed by atoms with van der Waals surface area (Å²) >= 11 is 0. The highest BCUT2D eigenvalue weighted by molar-refractivity contribution is 5.98. The van der Waals surface area contributed by atoms with E-state index in [1.807, 2.05) is 54.6 Å². The highest BCUT2D eigenvalue weighted by Gasteiger charge is 2.31. The lowest BCUT2D eigenvalue weighted by Crippen LogP contribution is -2.46. The van der Waals surface area contributed by atoms with Crippen molar-refractivity contribution >= 4 is 11.9 Å². The van der Waals surface area contributed by atoms with Crippen LogP contribution in [-0.2, 0) is 11.3 Å². The smallest absolute Gasteiger partial charge is 0.319 e. The van der Waals surface area contributed by atoms with E-state index >= 15 is 0 Å². The Morgan fingerprint density at radius 1 is 1.07 bits per heavy atom. The van der Waals surface area contributed by atoms with E-state index in [1.165, 1.54) is 12.8 Å². The van der Waals surface area contributed by atoms with Crippen molar-refractivity contribution in [1.29, 1.82) is 0 Å². The number of carbonyl (C=O) groups excluding carboxylic acids is 2. The van der Waals surface area contributed by atoms with Crippen LogP contribution < -0.4 is 20.7 Å². The van der Waals surface area contributed by atoms with E-state index in [9.17, 15) is 9.59 Å². The molecule has 1 saturated carbocycles. The fourth-order valence-electron chi connectivity index (χ4n) is 4.06. The van der Waals surface area contributed by atoms with Crippen molar-refractivity contribution in [1.82, 2.24) is 16.0 Å². The molecule has 0 spiro atoms. The number of allylic oxidation sites excluding steroid dienone is 1. The minimum atomic E-state index is -0.518. The number of benzene rings is 2. The summed E-state index contributed by atoms with van der Waals surface area (Å²) in [6.07, 6.45) is 4.92. The van der Waals surface area contributed by atoms with Gasteiger partial charge in [-0.05, 0) is 55.9 Å². The van der Waals surface area contributed by atoms with E-state index in [4.69, 9.17) is 4.74 Å². The highest BCUT2D eigenvalue weighted by atomic mass is 16.5. The summed E-state index contributed by atoms with van der Waals surface area (Å²) in [7, 11) is 0. The molecular formula is C24H27N3O3. The molecule has 156 valence electrons. The Kier molecular flexibility index (Phi) is 6.02. The maximum absolute atomic E-state index is 13.0. The molecule has 0 aromatic heterocycles. The summed E-state index contributed by atoms with van der Waals surface area (Å²) < 4.78 is 6.03. The van der Waals surface area contributed by atoms with E-state index in [2.05, 4.69) is 16.0 Å². The Labute approximate surface area is 176 Å². The fraction of sp³-hybridized carbons (Fsp3) is 0.333. The second kappa shape index (κ2) is 9.03. The average Bonchev–Trinajstić information content (AvgIpc) is 3.26. The molecule has 1 fully saturated rings. The first-order valence-electron chi connectivity index (χ1n) is 10.5. The van der Waals surface area contributed by atoms with Crippen LogP contribution in [-0.4, -0.2) is 18.0 Å². The molecule has 1 aliphatic heterocycles. The van der Waals surface area contributed by atoms with Crippen LogP contribution in [0.15, 0.2) is 65.9 Å². The van der Waals surface area contributed by atoms with Crippen LogP contribution in [0.3, 0.4) is 0 Å². The topological polar surface area (TPSA) is 79.5 Å². The molecule has 0 saturated heterocycles. The monoisotopic (exact) mass is 405 g/mol. The van der Waals surface area contributed by atoms with Crippen LogP contribution in [0, 0.1) is 0 Å². The number of amides is 3. The van der Waals surface area contributed by atoms with Crippen LogP contribution in [0.4, 0.5) is 4.79 Å². The van der Waals surface area contributed by atoms with Gasteiger partial charge in [-0.15, -0.1) is 0 Å². The summed E-state index contributed by atoms with van der Waals surface area (Å²) in [6.45, 7) is 2.17. The van der Waals surface area contributed by atoms with E-state index in [0.717, 1.165) is 29.7 Å². The average molecular weight is 405 g/mol. The molecule has 1 atom stereocenters.